The molecule has 2 aromatic carbocycles. The molecular weight excluding hydrogens is 362 g/mol. The van der Waals surface area contributed by atoms with Crippen LogP contribution in [0.3, 0.4) is 0 Å². The molecule has 3 rings (SSSR count). The minimum Gasteiger partial charge on any atom is -0.444 e. The predicted molar refractivity (Wildman–Crippen MR) is 94.1 cm³/mol. The predicted octanol–water partition coefficient (Wildman–Crippen LogP) is 4.55. The van der Waals surface area contributed by atoms with Gasteiger partial charge in [0, 0.05) is 18.5 Å². The van der Waals surface area contributed by atoms with Crippen LogP contribution in [0.2, 0.25) is 5.02 Å². The lowest BCUT2D eigenvalue weighted by Crippen LogP contribution is -2.26. The summed E-state index contributed by atoms with van der Waals surface area (Å²) in [5.41, 5.74) is 2.54. The third-order valence-corrected chi connectivity index (χ3v) is 4.08. The highest BCUT2D eigenvalue weighted by Crippen LogP contribution is 2.21. The van der Waals surface area contributed by atoms with Crippen molar-refractivity contribution < 1.29 is 18.0 Å². The minimum atomic E-state index is -1.13. The van der Waals surface area contributed by atoms with Gasteiger partial charge < -0.3 is 9.73 Å². The summed E-state index contributed by atoms with van der Waals surface area (Å²) in [6.07, 6.45) is 1.94. The molecule has 0 radical (unpaired) electrons. The van der Waals surface area contributed by atoms with Crippen LogP contribution < -0.4 is 5.32 Å². The van der Waals surface area contributed by atoms with E-state index in [-0.39, 0.29) is 17.1 Å². The molecule has 0 spiro atoms. The number of hydrogen-bond donors (Lipinski definition) is 1. The first-order valence-corrected chi connectivity index (χ1v) is 8.26. The summed E-state index contributed by atoms with van der Waals surface area (Å²) in [4.78, 5) is 16.4. The number of carbonyl (C=O) groups excluding carboxylic acids is 1. The Morgan fingerprint density at radius 2 is 1.88 bits per heavy atom. The number of halogens is 3. The lowest BCUT2D eigenvalue weighted by Gasteiger charge is -2.06. The first-order valence-electron chi connectivity index (χ1n) is 7.88. The summed E-state index contributed by atoms with van der Waals surface area (Å²) in [5.74, 6) is -2.32. The highest BCUT2D eigenvalue weighted by Gasteiger charge is 2.15. The van der Waals surface area contributed by atoms with Crippen molar-refractivity contribution in [3.05, 3.63) is 76.1 Å². The Kier molecular flexibility index (Phi) is 5.32. The van der Waals surface area contributed by atoms with Crippen LogP contribution in [0.1, 0.15) is 21.6 Å². The molecule has 26 heavy (non-hydrogen) atoms. The molecule has 0 bridgehead atoms. The van der Waals surface area contributed by atoms with Crippen molar-refractivity contribution in [2.75, 3.05) is 6.54 Å². The van der Waals surface area contributed by atoms with Gasteiger partial charge in [0.05, 0.1) is 16.3 Å². The Hall–Kier alpha value is -2.73. The average molecular weight is 377 g/mol. The number of rotatable bonds is 5. The van der Waals surface area contributed by atoms with Gasteiger partial charge in [-0.05, 0) is 31.2 Å². The van der Waals surface area contributed by atoms with Crippen molar-refractivity contribution in [1.29, 1.82) is 0 Å². The number of benzene rings is 2. The first kappa shape index (κ1) is 18.1. The Balaban J connectivity index is 1.59. The van der Waals surface area contributed by atoms with Gasteiger partial charge in [-0.2, -0.15) is 0 Å². The standard InChI is InChI=1S/C19H15ClF2N2O2/c1-11-2-4-12(5-3-11)19-24-13(10-26-19)6-7-23-18(25)14-8-16(21)17(22)9-15(14)20/h2-5,8-10H,6-7H2,1H3,(H,23,25). The molecule has 3 aromatic rings. The molecule has 1 aromatic heterocycles. The molecular formula is C19H15ClF2N2O2. The lowest BCUT2D eigenvalue weighted by atomic mass is 10.1. The second kappa shape index (κ2) is 7.66. The Labute approximate surface area is 153 Å². The fraction of sp³-hybridized carbons (Fsp3) is 0.158. The second-order valence-corrected chi connectivity index (χ2v) is 6.17. The lowest BCUT2D eigenvalue weighted by molar-refractivity contribution is 0.0953. The Bertz CT molecular complexity index is 939. The Morgan fingerprint density at radius 1 is 1.19 bits per heavy atom. The minimum absolute atomic E-state index is 0.119. The van der Waals surface area contributed by atoms with E-state index in [0.29, 0.717) is 18.0 Å². The van der Waals surface area contributed by atoms with E-state index >= 15 is 0 Å². The summed E-state index contributed by atoms with van der Waals surface area (Å²) < 4.78 is 31.8. The van der Waals surface area contributed by atoms with Crippen LogP contribution in [0.25, 0.3) is 11.5 Å². The van der Waals surface area contributed by atoms with E-state index in [1.54, 1.807) is 0 Å². The van der Waals surface area contributed by atoms with Crippen molar-refractivity contribution in [2.45, 2.75) is 13.3 Å². The quantitative estimate of drug-likeness (QED) is 0.664. The monoisotopic (exact) mass is 376 g/mol. The maximum atomic E-state index is 13.3. The number of aryl methyl sites for hydroxylation is 1. The van der Waals surface area contributed by atoms with Crippen LogP contribution in [0, 0.1) is 18.6 Å². The van der Waals surface area contributed by atoms with Crippen LogP contribution in [0.15, 0.2) is 47.1 Å². The normalized spacial score (nSPS) is 10.8. The molecule has 4 nitrogen and oxygen atoms in total. The molecule has 7 heteroatoms. The summed E-state index contributed by atoms with van der Waals surface area (Å²) in [6, 6.07) is 9.31. The number of hydrogen-bond acceptors (Lipinski definition) is 3. The van der Waals surface area contributed by atoms with Gasteiger partial charge in [-0.1, -0.05) is 29.3 Å². The molecule has 0 aliphatic heterocycles. The maximum absolute atomic E-state index is 13.3. The van der Waals surface area contributed by atoms with Gasteiger partial charge in [0.1, 0.15) is 6.26 Å². The molecule has 1 N–H and O–H groups in total. The molecule has 0 unspecified atom stereocenters. The van der Waals surface area contributed by atoms with Crippen molar-refractivity contribution in [1.82, 2.24) is 10.3 Å². The molecule has 0 atom stereocenters. The summed E-state index contributed by atoms with van der Waals surface area (Å²) in [5, 5.41) is 2.45. The SMILES string of the molecule is Cc1ccc(-c2nc(CCNC(=O)c3cc(F)c(F)cc3Cl)co2)cc1. The number of aromatic nitrogens is 1. The zero-order valence-corrected chi connectivity index (χ0v) is 14.6. The van der Waals surface area contributed by atoms with E-state index in [1.165, 1.54) is 6.26 Å². The van der Waals surface area contributed by atoms with Crippen LogP contribution in [-0.2, 0) is 6.42 Å². The fourth-order valence-corrected chi connectivity index (χ4v) is 2.58. The fourth-order valence-electron chi connectivity index (χ4n) is 2.35. The molecule has 134 valence electrons. The maximum Gasteiger partial charge on any atom is 0.252 e. The van der Waals surface area contributed by atoms with Crippen LogP contribution in [-0.4, -0.2) is 17.4 Å². The smallest absolute Gasteiger partial charge is 0.252 e. The van der Waals surface area contributed by atoms with E-state index in [2.05, 4.69) is 10.3 Å². The molecule has 1 amide bonds. The van der Waals surface area contributed by atoms with E-state index < -0.39 is 17.5 Å². The van der Waals surface area contributed by atoms with Gasteiger partial charge in [0.2, 0.25) is 5.89 Å². The van der Waals surface area contributed by atoms with Gasteiger partial charge in [-0.3, -0.25) is 4.79 Å². The first-order chi connectivity index (χ1) is 12.4. The van der Waals surface area contributed by atoms with Gasteiger partial charge in [-0.15, -0.1) is 0 Å². The number of nitrogens with zero attached hydrogens (tertiary/aromatic N) is 1. The van der Waals surface area contributed by atoms with Gasteiger partial charge in [0.25, 0.3) is 5.91 Å². The van der Waals surface area contributed by atoms with Crippen LogP contribution in [0.4, 0.5) is 8.78 Å². The zero-order valence-electron chi connectivity index (χ0n) is 13.9. The summed E-state index contributed by atoms with van der Waals surface area (Å²) in [6.45, 7) is 2.24. The van der Waals surface area contributed by atoms with E-state index in [0.717, 1.165) is 23.3 Å². The third kappa shape index (κ3) is 4.08. The second-order valence-electron chi connectivity index (χ2n) is 5.76. The van der Waals surface area contributed by atoms with Gasteiger partial charge in [-0.25, -0.2) is 13.8 Å². The van der Waals surface area contributed by atoms with Crippen LogP contribution >= 0.6 is 11.6 Å². The number of oxazole rings is 1. The topological polar surface area (TPSA) is 55.1 Å². The van der Waals surface area contributed by atoms with Gasteiger partial charge >= 0.3 is 0 Å². The third-order valence-electron chi connectivity index (χ3n) is 3.77. The van der Waals surface area contributed by atoms with E-state index in [9.17, 15) is 13.6 Å². The highest BCUT2D eigenvalue weighted by atomic mass is 35.5. The summed E-state index contributed by atoms with van der Waals surface area (Å²) >= 11 is 5.78. The number of carbonyl (C=O) groups is 1. The van der Waals surface area contributed by atoms with E-state index in [1.807, 2.05) is 31.2 Å². The van der Waals surface area contributed by atoms with E-state index in [4.69, 9.17) is 16.0 Å². The van der Waals surface area contributed by atoms with Crippen molar-refractivity contribution in [3.8, 4) is 11.5 Å². The number of amides is 1. The average Bonchev–Trinajstić information content (AvgIpc) is 3.07. The Morgan fingerprint density at radius 3 is 2.62 bits per heavy atom. The van der Waals surface area contributed by atoms with Crippen molar-refractivity contribution >= 4 is 17.5 Å². The highest BCUT2D eigenvalue weighted by molar-refractivity contribution is 6.33. The van der Waals surface area contributed by atoms with Crippen molar-refractivity contribution in [3.63, 3.8) is 0 Å². The zero-order chi connectivity index (χ0) is 18.7. The number of nitrogens with one attached hydrogen (secondary N) is 1. The molecule has 0 saturated carbocycles. The largest absolute Gasteiger partial charge is 0.444 e. The molecule has 0 aliphatic carbocycles. The molecule has 1 heterocycles. The van der Waals surface area contributed by atoms with Gasteiger partial charge in [0.15, 0.2) is 11.6 Å². The summed E-state index contributed by atoms with van der Waals surface area (Å²) in [7, 11) is 0. The molecule has 0 fully saturated rings. The van der Waals surface area contributed by atoms with Crippen molar-refractivity contribution in [2.24, 2.45) is 0 Å². The van der Waals surface area contributed by atoms with Crippen LogP contribution in [0.5, 0.6) is 0 Å². The molecule has 0 saturated heterocycles. The molecule has 0 aliphatic rings.